The minimum absolute atomic E-state index is 0.0559. The van der Waals surface area contributed by atoms with E-state index in [1.54, 1.807) is 44.2 Å². The number of primary amides is 1. The molecular formula is C53H55FN10O15. The Balaban J connectivity index is 0.969. The number of hydrogen-bond donors (Lipinski definition) is 8. The van der Waals surface area contributed by atoms with Gasteiger partial charge in [0.15, 0.2) is 5.60 Å². The number of carboxylic acid groups (broad SMARTS) is 1. The standard InChI is InChI=1S/C53H55FN10O15/c1-3-53(78)31-18-37-48-29(24-64(37)51(76)30(31)25-79-52(53)77)47-36(10-9-28-26(2)32(54)19-33(61-48)46(28)47)62(15-13-38(55)65)44(71)23-58-49(74)34(17-27-7-5-4-6-8-27)60-41(68)22-56-40(67)21-57-50(75)35(20-45(72)73)59-39(66)14-16-63-42(69)11-12-43(63)70/h4-8,11-12,18-19,34-36,78H,3,9-10,13-17,20-25H2,1-2H3,(H2,55,65)(H,56,67)(H,57,75)(H,58,74)(H,59,66)(H,60,68)(H,72,73)/t34-,35-,36-,53-/m0/s1. The van der Waals surface area contributed by atoms with Crippen molar-refractivity contribution in [3.63, 3.8) is 0 Å². The average molecular weight is 1090 g/mol. The number of nitrogens with one attached hydrogen (secondary N) is 5. The summed E-state index contributed by atoms with van der Waals surface area (Å²) < 4.78 is 22.3. The van der Waals surface area contributed by atoms with Gasteiger partial charge in [0.2, 0.25) is 41.4 Å². The molecule has 1 aliphatic carbocycles. The quantitative estimate of drug-likeness (QED) is 0.0291. The topological polar surface area (TPSA) is 365 Å². The van der Waals surface area contributed by atoms with Crippen LogP contribution in [0.4, 0.5) is 4.39 Å². The predicted octanol–water partition coefficient (Wildman–Crippen LogP) is -1.43. The molecule has 0 fully saturated rings. The molecule has 2 aromatic heterocycles. The molecule has 0 radical (unpaired) electrons. The molecule has 4 aliphatic rings. The molecule has 0 saturated carbocycles. The summed E-state index contributed by atoms with van der Waals surface area (Å²) in [5, 5.41) is 33.1. The van der Waals surface area contributed by atoms with Crippen molar-refractivity contribution in [2.45, 2.75) is 95.7 Å². The SMILES string of the molecule is CC[C@@]1(O)C(=O)OCc2c1cc1n(c2=O)Cc2c-1nc1cc(F)c(C)c3c1c2[C@@H](N(CCC(N)=O)C(=O)CNC(=O)[C@H](Cc1ccccc1)NC(=O)CNC(=O)CNC(=O)[C@H](CC(=O)O)NC(=O)CCN1C(=O)C=CC1=O)CC3. The number of halogens is 1. The number of aliphatic hydroxyl groups is 1. The van der Waals surface area contributed by atoms with E-state index in [-0.39, 0.29) is 86.4 Å². The highest BCUT2D eigenvalue weighted by molar-refractivity contribution is 6.13. The molecule has 4 atom stereocenters. The second-order valence-electron chi connectivity index (χ2n) is 19.3. The normalized spacial score (nSPS) is 17.4. The van der Waals surface area contributed by atoms with Crippen LogP contribution in [-0.4, -0.2) is 139 Å². The Hall–Kier alpha value is -9.20. The number of carbonyl (C=O) groups excluding carboxylic acids is 10. The molecule has 3 aliphatic heterocycles. The van der Waals surface area contributed by atoms with Crippen LogP contribution in [0.2, 0.25) is 0 Å². The number of pyridine rings is 2. The summed E-state index contributed by atoms with van der Waals surface area (Å²) >= 11 is 0. The molecule has 9 N–H and O–H groups in total. The van der Waals surface area contributed by atoms with Gasteiger partial charge < -0.3 is 56.7 Å². The largest absolute Gasteiger partial charge is 0.481 e. The first-order valence-corrected chi connectivity index (χ1v) is 25.2. The Morgan fingerprint density at radius 3 is 2.23 bits per heavy atom. The fourth-order valence-electron chi connectivity index (χ4n) is 10.3. The lowest BCUT2D eigenvalue weighted by molar-refractivity contribution is -0.172. The molecule has 25 nitrogen and oxygen atoms in total. The van der Waals surface area contributed by atoms with E-state index in [2.05, 4.69) is 26.6 Å². The smallest absolute Gasteiger partial charge is 0.343 e. The highest BCUT2D eigenvalue weighted by atomic mass is 19.1. The number of fused-ring (bicyclic) bond motifs is 5. The molecule has 4 aromatic rings. The Morgan fingerprint density at radius 1 is 0.873 bits per heavy atom. The summed E-state index contributed by atoms with van der Waals surface area (Å²) in [6.45, 7) is -0.0583. The fourth-order valence-corrected chi connectivity index (χ4v) is 10.3. The zero-order chi connectivity index (χ0) is 57.0. The van der Waals surface area contributed by atoms with Gasteiger partial charge >= 0.3 is 11.9 Å². The number of aryl methyl sites for hydroxylation is 1. The number of hydrogen-bond acceptors (Lipinski definition) is 15. The number of nitrogens with zero attached hydrogens (tertiary/aromatic N) is 4. The van der Waals surface area contributed by atoms with Crippen LogP contribution >= 0.6 is 0 Å². The number of cyclic esters (lactones) is 1. The Kier molecular flexibility index (Phi) is 16.4. The molecule has 9 amide bonds. The summed E-state index contributed by atoms with van der Waals surface area (Å²) in [7, 11) is 0. The van der Waals surface area contributed by atoms with Gasteiger partial charge in [-0.15, -0.1) is 0 Å². The Bertz CT molecular complexity index is 3340. The molecule has 414 valence electrons. The number of amides is 9. The molecule has 79 heavy (non-hydrogen) atoms. The first kappa shape index (κ1) is 56.0. The van der Waals surface area contributed by atoms with E-state index in [1.807, 2.05) is 0 Å². The number of carbonyl (C=O) groups is 11. The van der Waals surface area contributed by atoms with Gasteiger partial charge in [-0.3, -0.25) is 57.6 Å². The van der Waals surface area contributed by atoms with Crippen LogP contribution in [0.3, 0.4) is 0 Å². The average Bonchev–Trinajstić information content (AvgIpc) is 4.22. The third kappa shape index (κ3) is 11.7. The molecule has 26 heteroatoms. The van der Waals surface area contributed by atoms with E-state index in [9.17, 15) is 67.7 Å². The fraction of sp³-hybridized carbons (Fsp3) is 0.377. The van der Waals surface area contributed by atoms with E-state index in [0.29, 0.717) is 33.2 Å². The zero-order valence-corrected chi connectivity index (χ0v) is 42.8. The van der Waals surface area contributed by atoms with E-state index < -0.39 is 133 Å². The van der Waals surface area contributed by atoms with Crippen molar-refractivity contribution in [3.05, 3.63) is 110 Å². The Labute approximate surface area is 448 Å². The van der Waals surface area contributed by atoms with Crippen LogP contribution < -0.4 is 37.9 Å². The van der Waals surface area contributed by atoms with Gasteiger partial charge in [0.25, 0.3) is 17.4 Å². The second-order valence-corrected chi connectivity index (χ2v) is 19.3. The molecular weight excluding hydrogens is 1040 g/mol. The summed E-state index contributed by atoms with van der Waals surface area (Å²) in [5.74, 6) is -10.3. The zero-order valence-electron chi connectivity index (χ0n) is 42.8. The second kappa shape index (κ2) is 23.2. The van der Waals surface area contributed by atoms with E-state index in [0.717, 1.165) is 17.1 Å². The maximum absolute atomic E-state index is 15.7. The van der Waals surface area contributed by atoms with Crippen LogP contribution in [0.25, 0.3) is 22.3 Å². The van der Waals surface area contributed by atoms with Gasteiger partial charge in [-0.25, -0.2) is 14.2 Å². The van der Waals surface area contributed by atoms with Crippen molar-refractivity contribution in [1.82, 2.24) is 45.9 Å². The highest BCUT2D eigenvalue weighted by Gasteiger charge is 2.46. The molecule has 8 rings (SSSR count). The lowest BCUT2D eigenvalue weighted by Gasteiger charge is -2.37. The predicted molar refractivity (Wildman–Crippen MR) is 272 cm³/mol. The summed E-state index contributed by atoms with van der Waals surface area (Å²) in [5.41, 5.74) is 6.29. The number of carboxylic acids is 1. The van der Waals surface area contributed by atoms with Crippen LogP contribution in [0, 0.1) is 12.7 Å². The summed E-state index contributed by atoms with van der Waals surface area (Å²) in [6, 6.07) is 7.34. The van der Waals surface area contributed by atoms with Crippen LogP contribution in [0.1, 0.15) is 84.0 Å². The van der Waals surface area contributed by atoms with Crippen molar-refractivity contribution in [2.75, 3.05) is 32.7 Å². The summed E-state index contributed by atoms with van der Waals surface area (Å²) in [6.07, 6.45) is 0.586. The van der Waals surface area contributed by atoms with Crippen molar-refractivity contribution >= 4 is 76.0 Å². The number of aromatic nitrogens is 2. The van der Waals surface area contributed by atoms with Crippen LogP contribution in [0.5, 0.6) is 0 Å². The maximum atomic E-state index is 15.7. The van der Waals surface area contributed by atoms with E-state index >= 15 is 4.39 Å². The van der Waals surface area contributed by atoms with Crippen molar-refractivity contribution < 1.29 is 72.1 Å². The lowest BCUT2D eigenvalue weighted by atomic mass is 9.81. The summed E-state index contributed by atoms with van der Waals surface area (Å²) in [4.78, 5) is 162. The number of benzene rings is 2. The Morgan fingerprint density at radius 2 is 1.54 bits per heavy atom. The van der Waals surface area contributed by atoms with E-state index in [4.69, 9.17) is 15.5 Å². The number of nitrogens with two attached hydrogens (primary N) is 1. The van der Waals surface area contributed by atoms with Gasteiger partial charge in [-0.05, 0) is 54.5 Å². The molecule has 0 bridgehead atoms. The molecule has 0 saturated heterocycles. The van der Waals surface area contributed by atoms with E-state index in [1.165, 1.54) is 21.6 Å². The molecule has 0 spiro atoms. The van der Waals surface area contributed by atoms with Crippen LogP contribution in [0.15, 0.2) is 59.4 Å². The molecule has 5 heterocycles. The van der Waals surface area contributed by atoms with Gasteiger partial charge in [0.1, 0.15) is 24.5 Å². The number of esters is 1. The highest BCUT2D eigenvalue weighted by Crippen LogP contribution is 2.47. The third-order valence-corrected chi connectivity index (χ3v) is 14.4. The monoisotopic (exact) mass is 1090 g/mol. The van der Waals surface area contributed by atoms with Gasteiger partial charge in [0, 0.05) is 67.1 Å². The number of imide groups is 1. The first-order chi connectivity index (χ1) is 37.6. The van der Waals surface area contributed by atoms with Crippen molar-refractivity contribution in [1.29, 1.82) is 0 Å². The van der Waals surface area contributed by atoms with Gasteiger partial charge in [0.05, 0.1) is 61.1 Å². The maximum Gasteiger partial charge on any atom is 0.343 e. The molecule has 0 unspecified atom stereocenters. The van der Waals surface area contributed by atoms with Gasteiger partial charge in [-0.1, -0.05) is 37.3 Å². The third-order valence-electron chi connectivity index (χ3n) is 14.4. The first-order valence-electron chi connectivity index (χ1n) is 25.2. The van der Waals surface area contributed by atoms with Crippen molar-refractivity contribution in [3.8, 4) is 11.4 Å². The van der Waals surface area contributed by atoms with Crippen molar-refractivity contribution in [2.24, 2.45) is 5.73 Å². The minimum atomic E-state index is -2.14. The molecule has 2 aromatic carbocycles. The van der Waals surface area contributed by atoms with Gasteiger partial charge in [-0.2, -0.15) is 0 Å². The number of rotatable bonds is 22. The lowest BCUT2D eigenvalue weighted by Crippen LogP contribution is -2.53. The minimum Gasteiger partial charge on any atom is -0.481 e. The number of ether oxygens (including phenoxy) is 1. The van der Waals surface area contributed by atoms with Crippen LogP contribution in [-0.2, 0) is 89.1 Å². The number of aliphatic carboxylic acids is 1.